The molecule has 0 aliphatic carbocycles. The van der Waals surface area contributed by atoms with Crippen LogP contribution in [0.15, 0.2) is 47.4 Å². The summed E-state index contributed by atoms with van der Waals surface area (Å²) >= 11 is 0. The molecule has 0 saturated carbocycles. The number of H-pyrrole nitrogens is 1. The van der Waals surface area contributed by atoms with E-state index in [0.717, 1.165) is 5.56 Å². The molecule has 0 atom stereocenters. The summed E-state index contributed by atoms with van der Waals surface area (Å²) in [5, 5.41) is 5.56. The summed E-state index contributed by atoms with van der Waals surface area (Å²) in [6.07, 6.45) is 1.49. The number of hydrogen-bond donors (Lipinski definition) is 2. The van der Waals surface area contributed by atoms with E-state index in [1.54, 1.807) is 6.92 Å². The van der Waals surface area contributed by atoms with Gasteiger partial charge in [0.1, 0.15) is 5.56 Å². The van der Waals surface area contributed by atoms with Crippen molar-refractivity contribution in [2.75, 3.05) is 0 Å². The average molecular weight is 282 g/mol. The fraction of sp³-hybridized carbons (Fsp3) is 0.133. The Hall–Kier alpha value is -2.89. The van der Waals surface area contributed by atoms with Crippen LogP contribution in [0.3, 0.4) is 0 Å². The molecule has 2 N–H and O–H groups in total. The Bertz CT molecular complexity index is 849. The van der Waals surface area contributed by atoms with E-state index in [1.807, 2.05) is 30.3 Å². The van der Waals surface area contributed by atoms with Gasteiger partial charge in [0.2, 0.25) is 0 Å². The van der Waals surface area contributed by atoms with Crippen LogP contribution in [0.25, 0.3) is 5.65 Å². The second-order valence-corrected chi connectivity index (χ2v) is 4.75. The lowest BCUT2D eigenvalue weighted by Crippen LogP contribution is -2.23. The Kier molecular flexibility index (Phi) is 3.27. The number of carbonyl (C=O) groups is 1. The number of nitrogens with zero attached hydrogens (tertiary/aromatic N) is 2. The van der Waals surface area contributed by atoms with E-state index < -0.39 is 0 Å². The first-order chi connectivity index (χ1) is 10.1. The van der Waals surface area contributed by atoms with Crippen molar-refractivity contribution in [3.63, 3.8) is 0 Å². The number of aryl methyl sites for hydroxylation is 1. The summed E-state index contributed by atoms with van der Waals surface area (Å²) in [5.74, 6) is -0.268. The molecule has 1 aromatic carbocycles. The van der Waals surface area contributed by atoms with Crippen molar-refractivity contribution in [1.29, 1.82) is 0 Å². The number of amides is 1. The van der Waals surface area contributed by atoms with Crippen molar-refractivity contribution < 1.29 is 4.79 Å². The lowest BCUT2D eigenvalue weighted by atomic mass is 10.2. The molecule has 2 aromatic heterocycles. The normalized spacial score (nSPS) is 10.7. The van der Waals surface area contributed by atoms with E-state index in [4.69, 9.17) is 0 Å². The second-order valence-electron chi connectivity index (χ2n) is 4.75. The van der Waals surface area contributed by atoms with Gasteiger partial charge in [-0.15, -0.1) is 0 Å². The first-order valence-corrected chi connectivity index (χ1v) is 6.55. The molecule has 6 nitrogen and oxygen atoms in total. The molecule has 1 amide bonds. The Morgan fingerprint density at radius 2 is 2.10 bits per heavy atom. The number of benzene rings is 1. The van der Waals surface area contributed by atoms with E-state index in [2.05, 4.69) is 15.4 Å². The first kappa shape index (κ1) is 13.1. The largest absolute Gasteiger partial charge is 0.348 e. The van der Waals surface area contributed by atoms with Crippen LogP contribution in [-0.4, -0.2) is 20.5 Å². The maximum absolute atomic E-state index is 12.2. The second kappa shape index (κ2) is 5.24. The Morgan fingerprint density at radius 1 is 1.33 bits per heavy atom. The van der Waals surface area contributed by atoms with Crippen LogP contribution in [0.2, 0.25) is 0 Å². The van der Waals surface area contributed by atoms with Crippen molar-refractivity contribution in [1.82, 2.24) is 19.9 Å². The van der Waals surface area contributed by atoms with Crippen molar-refractivity contribution >= 4 is 11.6 Å². The van der Waals surface area contributed by atoms with Crippen molar-refractivity contribution in [3.05, 3.63) is 69.8 Å². The number of rotatable bonds is 3. The van der Waals surface area contributed by atoms with Gasteiger partial charge in [0.25, 0.3) is 11.5 Å². The molecule has 3 rings (SSSR count). The minimum absolute atomic E-state index is 0.236. The predicted molar refractivity (Wildman–Crippen MR) is 78.2 cm³/mol. The van der Waals surface area contributed by atoms with Crippen molar-refractivity contribution in [2.24, 2.45) is 0 Å². The highest BCUT2D eigenvalue weighted by Crippen LogP contribution is 2.07. The number of hydrogen-bond acceptors (Lipinski definition) is 3. The van der Waals surface area contributed by atoms with Crippen LogP contribution in [-0.2, 0) is 6.54 Å². The van der Waals surface area contributed by atoms with Crippen LogP contribution in [0.4, 0.5) is 0 Å². The van der Waals surface area contributed by atoms with Crippen LogP contribution in [0.5, 0.6) is 0 Å². The van der Waals surface area contributed by atoms with Gasteiger partial charge in [0, 0.05) is 24.5 Å². The Labute approximate surface area is 120 Å². The molecular weight excluding hydrogens is 268 g/mol. The molecule has 0 aliphatic rings. The Morgan fingerprint density at radius 3 is 2.86 bits per heavy atom. The third-order valence-electron chi connectivity index (χ3n) is 3.17. The summed E-state index contributed by atoms with van der Waals surface area (Å²) < 4.78 is 1.25. The monoisotopic (exact) mass is 282 g/mol. The summed E-state index contributed by atoms with van der Waals surface area (Å²) in [6, 6.07) is 11.0. The number of fused-ring (bicyclic) bond motifs is 1. The maximum atomic E-state index is 12.2. The van der Waals surface area contributed by atoms with Crippen LogP contribution >= 0.6 is 0 Å². The van der Waals surface area contributed by atoms with Crippen LogP contribution in [0, 0.1) is 6.92 Å². The fourth-order valence-corrected chi connectivity index (χ4v) is 2.14. The van der Waals surface area contributed by atoms with Crippen LogP contribution < -0.4 is 10.9 Å². The van der Waals surface area contributed by atoms with Gasteiger partial charge in [-0.1, -0.05) is 30.3 Å². The number of carbonyl (C=O) groups excluding carboxylic acids is 1. The fourth-order valence-electron chi connectivity index (χ4n) is 2.14. The molecule has 0 spiro atoms. The van der Waals surface area contributed by atoms with E-state index in [0.29, 0.717) is 23.4 Å². The number of aromatic amines is 1. The van der Waals surface area contributed by atoms with Crippen LogP contribution in [0.1, 0.15) is 21.6 Å². The lowest BCUT2D eigenvalue weighted by Gasteiger charge is -2.04. The highest BCUT2D eigenvalue weighted by atomic mass is 16.2. The van der Waals surface area contributed by atoms with Gasteiger partial charge in [0.15, 0.2) is 5.65 Å². The van der Waals surface area contributed by atoms with E-state index in [1.165, 1.54) is 16.8 Å². The molecule has 2 heterocycles. The molecular formula is C15H14N4O2. The highest BCUT2D eigenvalue weighted by molar-refractivity contribution is 5.99. The van der Waals surface area contributed by atoms with Gasteiger partial charge in [-0.05, 0) is 12.5 Å². The average Bonchev–Trinajstić information content (AvgIpc) is 2.90. The standard InChI is InChI=1S/C15H14N4O2/c1-10-7-13(20)19-14(18-10)12(9-17-19)15(21)16-8-11-5-3-2-4-6-11/h2-7,9,17H,8H2,1H3,(H,16,21). The maximum Gasteiger partial charge on any atom is 0.272 e. The smallest absolute Gasteiger partial charge is 0.272 e. The SMILES string of the molecule is Cc1cc(=O)n2[nH]cc(C(=O)NCc3ccccc3)c2n1. The van der Waals surface area contributed by atoms with Gasteiger partial charge >= 0.3 is 0 Å². The van der Waals surface area contributed by atoms with E-state index in [-0.39, 0.29) is 11.5 Å². The molecule has 0 fully saturated rings. The van der Waals surface area contributed by atoms with E-state index in [9.17, 15) is 9.59 Å². The summed E-state index contributed by atoms with van der Waals surface area (Å²) in [6.45, 7) is 2.15. The Balaban J connectivity index is 1.87. The number of nitrogens with one attached hydrogen (secondary N) is 2. The van der Waals surface area contributed by atoms with Crippen molar-refractivity contribution in [2.45, 2.75) is 13.5 Å². The quantitative estimate of drug-likeness (QED) is 0.759. The van der Waals surface area contributed by atoms with Gasteiger partial charge in [-0.3, -0.25) is 14.7 Å². The molecule has 106 valence electrons. The first-order valence-electron chi connectivity index (χ1n) is 6.55. The summed E-state index contributed by atoms with van der Waals surface area (Å²) in [4.78, 5) is 28.2. The molecule has 3 aromatic rings. The zero-order valence-electron chi connectivity index (χ0n) is 11.5. The van der Waals surface area contributed by atoms with E-state index >= 15 is 0 Å². The topological polar surface area (TPSA) is 79.3 Å². The van der Waals surface area contributed by atoms with Gasteiger partial charge in [-0.25, -0.2) is 9.50 Å². The minimum Gasteiger partial charge on any atom is -0.348 e. The molecule has 21 heavy (non-hydrogen) atoms. The zero-order valence-corrected chi connectivity index (χ0v) is 11.5. The highest BCUT2D eigenvalue weighted by Gasteiger charge is 2.14. The third kappa shape index (κ3) is 2.55. The van der Waals surface area contributed by atoms with Crippen molar-refractivity contribution in [3.8, 4) is 0 Å². The van der Waals surface area contributed by atoms with Gasteiger partial charge < -0.3 is 5.32 Å². The van der Waals surface area contributed by atoms with Gasteiger partial charge in [-0.2, -0.15) is 0 Å². The minimum atomic E-state index is -0.268. The molecule has 0 unspecified atom stereocenters. The molecule has 6 heteroatoms. The molecule has 0 saturated heterocycles. The number of aromatic nitrogens is 3. The predicted octanol–water partition coefficient (Wildman–Crippen LogP) is 1.26. The molecule has 0 aliphatic heterocycles. The third-order valence-corrected chi connectivity index (χ3v) is 3.17. The molecule has 0 radical (unpaired) electrons. The summed E-state index contributed by atoms with van der Waals surface area (Å²) in [7, 11) is 0. The van der Waals surface area contributed by atoms with Gasteiger partial charge in [0.05, 0.1) is 0 Å². The molecule has 0 bridgehead atoms. The zero-order chi connectivity index (χ0) is 14.8. The summed E-state index contributed by atoms with van der Waals surface area (Å²) in [5.41, 5.74) is 2.04. The lowest BCUT2D eigenvalue weighted by molar-refractivity contribution is 0.0952.